The molecule has 0 N–H and O–H groups in total. The summed E-state index contributed by atoms with van der Waals surface area (Å²) in [5.41, 5.74) is 3.26. The molecule has 1 aliphatic heterocycles. The van der Waals surface area contributed by atoms with E-state index in [2.05, 4.69) is 33.3 Å². The fraction of sp³-hybridized carbons (Fsp3) is 0.471. The van der Waals surface area contributed by atoms with E-state index in [9.17, 15) is 0 Å². The minimum atomic E-state index is 0.261. The maximum Gasteiger partial charge on any atom is 0.228 e. The van der Waals surface area contributed by atoms with E-state index in [0.29, 0.717) is 19.2 Å². The first-order chi connectivity index (χ1) is 12.1. The highest BCUT2D eigenvalue weighted by molar-refractivity contribution is 5.88. The number of imidazole rings is 1. The first kappa shape index (κ1) is 15.9. The lowest BCUT2D eigenvalue weighted by Gasteiger charge is -2.27. The third-order valence-corrected chi connectivity index (χ3v) is 4.35. The Kier molecular flexibility index (Phi) is 4.04. The molecule has 0 radical (unpaired) electrons. The van der Waals surface area contributed by atoms with Crippen LogP contribution >= 0.6 is 0 Å². The molecule has 0 atom stereocenters. The van der Waals surface area contributed by atoms with Crippen molar-refractivity contribution >= 4 is 17.1 Å². The van der Waals surface area contributed by atoms with Crippen LogP contribution in [0.1, 0.15) is 25.7 Å². The van der Waals surface area contributed by atoms with Gasteiger partial charge in [0.1, 0.15) is 23.4 Å². The third kappa shape index (κ3) is 2.82. The second kappa shape index (κ2) is 6.36. The minimum absolute atomic E-state index is 0.261. The number of morpholine rings is 1. The average molecular weight is 339 g/mol. The molecule has 4 rings (SSSR count). The molecule has 1 saturated heterocycles. The van der Waals surface area contributed by atoms with Crippen LogP contribution in [0.25, 0.3) is 22.4 Å². The molecule has 0 spiro atoms. The number of hydrogen-bond donors (Lipinski definition) is 0. The Balaban J connectivity index is 1.96. The lowest BCUT2D eigenvalue weighted by atomic mass is 10.2. The smallest absolute Gasteiger partial charge is 0.228 e. The van der Waals surface area contributed by atoms with Crippen LogP contribution < -0.4 is 4.90 Å². The zero-order valence-corrected chi connectivity index (χ0v) is 14.7. The summed E-state index contributed by atoms with van der Waals surface area (Å²) in [5, 5.41) is 0. The van der Waals surface area contributed by atoms with Crippen molar-refractivity contribution in [3.05, 3.63) is 24.5 Å². The summed E-state index contributed by atoms with van der Waals surface area (Å²) in [6.07, 6.45) is 5.05. The molecule has 0 aliphatic carbocycles. The number of hydrogen-bond acceptors (Lipinski definition) is 7. The van der Waals surface area contributed by atoms with Gasteiger partial charge in [-0.05, 0) is 20.8 Å². The first-order valence-corrected chi connectivity index (χ1v) is 8.50. The highest BCUT2D eigenvalue weighted by Gasteiger charge is 2.22. The monoisotopic (exact) mass is 339 g/mol. The van der Waals surface area contributed by atoms with E-state index in [0.717, 1.165) is 41.3 Å². The molecule has 0 saturated carbocycles. The van der Waals surface area contributed by atoms with Gasteiger partial charge in [0.15, 0.2) is 5.65 Å². The Hall–Kier alpha value is -2.61. The van der Waals surface area contributed by atoms with E-state index >= 15 is 0 Å². The molecule has 0 aromatic carbocycles. The largest absolute Gasteiger partial charge is 0.378 e. The molecule has 8 nitrogen and oxygen atoms in total. The SMILES string of the molecule is Cc1nc2c(-c3cncnc3)nc(N3CCOCC3)nc2n1C(C)C. The Morgan fingerprint density at radius 2 is 1.76 bits per heavy atom. The average Bonchev–Trinajstić information content (AvgIpc) is 2.98. The van der Waals surface area contributed by atoms with Gasteiger partial charge in [0.25, 0.3) is 0 Å². The van der Waals surface area contributed by atoms with Gasteiger partial charge in [0, 0.05) is 37.1 Å². The summed E-state index contributed by atoms with van der Waals surface area (Å²) in [7, 11) is 0. The van der Waals surface area contributed by atoms with Crippen molar-refractivity contribution in [1.82, 2.24) is 29.5 Å². The van der Waals surface area contributed by atoms with Crippen molar-refractivity contribution < 1.29 is 4.74 Å². The van der Waals surface area contributed by atoms with E-state index in [1.165, 1.54) is 6.33 Å². The van der Waals surface area contributed by atoms with Crippen molar-refractivity contribution in [3.8, 4) is 11.3 Å². The van der Waals surface area contributed by atoms with E-state index in [4.69, 9.17) is 19.7 Å². The number of aromatic nitrogens is 6. The van der Waals surface area contributed by atoms with Gasteiger partial charge in [-0.2, -0.15) is 4.98 Å². The van der Waals surface area contributed by atoms with Gasteiger partial charge in [0.05, 0.1) is 13.2 Å². The Morgan fingerprint density at radius 3 is 2.44 bits per heavy atom. The quantitative estimate of drug-likeness (QED) is 0.722. The molecular formula is C17H21N7O. The van der Waals surface area contributed by atoms with Crippen LogP contribution in [0.5, 0.6) is 0 Å². The van der Waals surface area contributed by atoms with Gasteiger partial charge in [-0.25, -0.2) is 19.9 Å². The highest BCUT2D eigenvalue weighted by atomic mass is 16.5. The third-order valence-electron chi connectivity index (χ3n) is 4.35. The predicted octanol–water partition coefficient (Wildman–Crippen LogP) is 2.01. The van der Waals surface area contributed by atoms with Crippen molar-refractivity contribution in [2.24, 2.45) is 0 Å². The molecule has 1 fully saturated rings. The molecule has 0 amide bonds. The normalized spacial score (nSPS) is 15.3. The molecule has 130 valence electrons. The van der Waals surface area contributed by atoms with Crippen molar-refractivity contribution in [3.63, 3.8) is 0 Å². The van der Waals surface area contributed by atoms with E-state index < -0.39 is 0 Å². The number of ether oxygens (including phenoxy) is 1. The topological polar surface area (TPSA) is 81.8 Å². The molecule has 1 aliphatic rings. The zero-order chi connectivity index (χ0) is 17.4. The number of aryl methyl sites for hydroxylation is 1. The van der Waals surface area contributed by atoms with Gasteiger partial charge >= 0.3 is 0 Å². The van der Waals surface area contributed by atoms with Crippen molar-refractivity contribution in [1.29, 1.82) is 0 Å². The van der Waals surface area contributed by atoms with Crippen LogP contribution in [0.2, 0.25) is 0 Å². The lowest BCUT2D eigenvalue weighted by molar-refractivity contribution is 0.122. The van der Waals surface area contributed by atoms with Gasteiger partial charge < -0.3 is 14.2 Å². The molecule has 25 heavy (non-hydrogen) atoms. The Morgan fingerprint density at radius 1 is 1.04 bits per heavy atom. The van der Waals surface area contributed by atoms with Gasteiger partial charge in [0.2, 0.25) is 5.95 Å². The summed E-state index contributed by atoms with van der Waals surface area (Å²) < 4.78 is 7.60. The summed E-state index contributed by atoms with van der Waals surface area (Å²) in [4.78, 5) is 24.8. The van der Waals surface area contributed by atoms with E-state index in [-0.39, 0.29) is 6.04 Å². The van der Waals surface area contributed by atoms with Crippen LogP contribution in [0, 0.1) is 6.92 Å². The summed E-state index contributed by atoms with van der Waals surface area (Å²) >= 11 is 0. The van der Waals surface area contributed by atoms with Crippen LogP contribution in [-0.2, 0) is 4.74 Å². The van der Waals surface area contributed by atoms with Gasteiger partial charge in [-0.15, -0.1) is 0 Å². The molecule has 3 aromatic rings. The zero-order valence-electron chi connectivity index (χ0n) is 14.7. The molecule has 3 aromatic heterocycles. The fourth-order valence-electron chi connectivity index (χ4n) is 3.22. The second-order valence-corrected chi connectivity index (χ2v) is 6.39. The van der Waals surface area contributed by atoms with Gasteiger partial charge in [-0.3, -0.25) is 0 Å². The maximum atomic E-state index is 5.45. The molecular weight excluding hydrogens is 318 g/mol. The number of nitrogens with zero attached hydrogens (tertiary/aromatic N) is 7. The Labute approximate surface area is 145 Å². The predicted molar refractivity (Wildman–Crippen MR) is 94.5 cm³/mol. The number of fused-ring (bicyclic) bond motifs is 1. The van der Waals surface area contributed by atoms with Crippen LogP contribution in [0.4, 0.5) is 5.95 Å². The lowest BCUT2D eigenvalue weighted by Crippen LogP contribution is -2.37. The first-order valence-electron chi connectivity index (χ1n) is 8.50. The van der Waals surface area contributed by atoms with Crippen molar-refractivity contribution in [2.45, 2.75) is 26.8 Å². The standard InChI is InChI=1S/C17H21N7O/c1-11(2)24-12(3)20-15-14(13-8-18-10-19-9-13)21-17(22-16(15)24)23-4-6-25-7-5-23/h8-11H,4-7H2,1-3H3. The van der Waals surface area contributed by atoms with E-state index in [1.807, 2.05) is 6.92 Å². The van der Waals surface area contributed by atoms with Crippen LogP contribution in [-0.4, -0.2) is 55.8 Å². The number of anilines is 1. The minimum Gasteiger partial charge on any atom is -0.378 e. The van der Waals surface area contributed by atoms with Crippen molar-refractivity contribution in [2.75, 3.05) is 31.2 Å². The molecule has 0 bridgehead atoms. The fourth-order valence-corrected chi connectivity index (χ4v) is 3.22. The maximum absolute atomic E-state index is 5.45. The molecule has 8 heteroatoms. The molecule has 0 unspecified atom stereocenters. The van der Waals surface area contributed by atoms with Gasteiger partial charge in [-0.1, -0.05) is 0 Å². The molecule has 4 heterocycles. The number of rotatable bonds is 3. The summed E-state index contributed by atoms with van der Waals surface area (Å²) in [6, 6.07) is 0.261. The highest BCUT2D eigenvalue weighted by Crippen LogP contribution is 2.29. The van der Waals surface area contributed by atoms with Crippen LogP contribution in [0.3, 0.4) is 0 Å². The Bertz CT molecular complexity index is 885. The second-order valence-electron chi connectivity index (χ2n) is 6.39. The summed E-state index contributed by atoms with van der Waals surface area (Å²) in [6.45, 7) is 9.21. The van der Waals surface area contributed by atoms with E-state index in [1.54, 1.807) is 12.4 Å². The van der Waals surface area contributed by atoms with Crippen LogP contribution in [0.15, 0.2) is 18.7 Å². The summed E-state index contributed by atoms with van der Waals surface area (Å²) in [5.74, 6) is 1.63.